The zero-order chi connectivity index (χ0) is 17.1. The van der Waals surface area contributed by atoms with Crippen LogP contribution in [0.25, 0.3) is 11.4 Å². The molecule has 122 valence electrons. The number of amides is 1. The summed E-state index contributed by atoms with van der Waals surface area (Å²) in [5.41, 5.74) is 2.97. The summed E-state index contributed by atoms with van der Waals surface area (Å²) in [7, 11) is 0. The van der Waals surface area contributed by atoms with Gasteiger partial charge in [0, 0.05) is 11.3 Å². The van der Waals surface area contributed by atoms with Crippen molar-refractivity contribution >= 4 is 11.6 Å². The molecule has 4 aromatic rings. The van der Waals surface area contributed by atoms with Gasteiger partial charge in [0.1, 0.15) is 25.3 Å². The topological polar surface area (TPSA) is 90.5 Å². The highest BCUT2D eigenvalue weighted by molar-refractivity contribution is 6.04. The first kappa shape index (κ1) is 14.8. The first-order valence-corrected chi connectivity index (χ1v) is 7.51. The second-order valence-corrected chi connectivity index (χ2v) is 5.23. The van der Waals surface area contributed by atoms with Crippen LogP contribution in [-0.2, 0) is 0 Å². The number of rotatable bonds is 4. The number of carbonyl (C=O) groups is 1. The SMILES string of the molecule is O=C(Nc1ccc(-n2cncn2)cc1)c1ccc(-n2cncn2)cc1. The van der Waals surface area contributed by atoms with Gasteiger partial charge in [-0.2, -0.15) is 10.2 Å². The summed E-state index contributed by atoms with van der Waals surface area (Å²) >= 11 is 0. The molecule has 0 aliphatic heterocycles. The Kier molecular flexibility index (Phi) is 3.76. The fraction of sp³-hybridized carbons (Fsp3) is 0. The first-order chi connectivity index (χ1) is 12.3. The van der Waals surface area contributed by atoms with E-state index in [-0.39, 0.29) is 5.91 Å². The quantitative estimate of drug-likeness (QED) is 0.618. The fourth-order valence-electron chi connectivity index (χ4n) is 2.35. The van der Waals surface area contributed by atoms with Crippen molar-refractivity contribution in [2.24, 2.45) is 0 Å². The number of hydrogen-bond donors (Lipinski definition) is 1. The molecule has 25 heavy (non-hydrogen) atoms. The van der Waals surface area contributed by atoms with Gasteiger partial charge >= 0.3 is 0 Å². The Morgan fingerprint density at radius 3 is 1.76 bits per heavy atom. The molecule has 0 atom stereocenters. The molecule has 2 aromatic carbocycles. The zero-order valence-corrected chi connectivity index (χ0v) is 13.0. The molecule has 0 bridgehead atoms. The van der Waals surface area contributed by atoms with Crippen molar-refractivity contribution in [1.29, 1.82) is 0 Å². The lowest BCUT2D eigenvalue weighted by Gasteiger charge is -2.07. The Bertz CT molecular complexity index is 959. The minimum absolute atomic E-state index is 0.182. The molecule has 0 fully saturated rings. The van der Waals surface area contributed by atoms with Crippen LogP contribution in [-0.4, -0.2) is 35.4 Å². The van der Waals surface area contributed by atoms with Crippen LogP contribution in [0, 0.1) is 0 Å². The van der Waals surface area contributed by atoms with Crippen molar-refractivity contribution in [3.8, 4) is 11.4 Å². The summed E-state index contributed by atoms with van der Waals surface area (Å²) in [6.45, 7) is 0. The summed E-state index contributed by atoms with van der Waals surface area (Å²) in [4.78, 5) is 20.2. The molecular formula is C17H13N7O. The Morgan fingerprint density at radius 2 is 1.28 bits per heavy atom. The van der Waals surface area contributed by atoms with Gasteiger partial charge < -0.3 is 5.32 Å². The lowest BCUT2D eigenvalue weighted by atomic mass is 10.2. The highest BCUT2D eigenvalue weighted by Gasteiger charge is 2.07. The Morgan fingerprint density at radius 1 is 0.760 bits per heavy atom. The summed E-state index contributed by atoms with van der Waals surface area (Å²) < 4.78 is 3.28. The third-order valence-electron chi connectivity index (χ3n) is 3.62. The van der Waals surface area contributed by atoms with E-state index in [0.717, 1.165) is 11.4 Å². The molecule has 0 spiro atoms. The van der Waals surface area contributed by atoms with Crippen molar-refractivity contribution in [2.75, 3.05) is 5.32 Å². The molecule has 1 amide bonds. The van der Waals surface area contributed by atoms with Crippen LogP contribution in [0.5, 0.6) is 0 Å². The summed E-state index contributed by atoms with van der Waals surface area (Å²) in [5.74, 6) is -0.182. The molecular weight excluding hydrogens is 318 g/mol. The third kappa shape index (κ3) is 3.13. The maximum absolute atomic E-state index is 12.4. The van der Waals surface area contributed by atoms with Gasteiger partial charge in [-0.25, -0.2) is 19.3 Å². The van der Waals surface area contributed by atoms with E-state index in [9.17, 15) is 4.79 Å². The monoisotopic (exact) mass is 331 g/mol. The van der Waals surface area contributed by atoms with Crippen LogP contribution in [0.2, 0.25) is 0 Å². The number of nitrogens with one attached hydrogen (secondary N) is 1. The predicted molar refractivity (Wildman–Crippen MR) is 90.7 cm³/mol. The van der Waals surface area contributed by atoms with Crippen LogP contribution in [0.3, 0.4) is 0 Å². The average Bonchev–Trinajstić information content (AvgIpc) is 3.36. The van der Waals surface area contributed by atoms with Gasteiger partial charge in [0.2, 0.25) is 0 Å². The smallest absolute Gasteiger partial charge is 0.255 e. The van der Waals surface area contributed by atoms with E-state index in [1.165, 1.54) is 12.7 Å². The number of nitrogens with zero attached hydrogens (tertiary/aromatic N) is 6. The van der Waals surface area contributed by atoms with Crippen LogP contribution < -0.4 is 5.32 Å². The second kappa shape index (κ2) is 6.36. The fourth-order valence-corrected chi connectivity index (χ4v) is 2.35. The van der Waals surface area contributed by atoms with E-state index in [0.29, 0.717) is 11.3 Å². The van der Waals surface area contributed by atoms with E-state index in [1.807, 2.05) is 36.4 Å². The van der Waals surface area contributed by atoms with Crippen LogP contribution in [0.1, 0.15) is 10.4 Å². The van der Waals surface area contributed by atoms with Gasteiger partial charge in [0.15, 0.2) is 0 Å². The molecule has 2 heterocycles. The van der Waals surface area contributed by atoms with Crippen LogP contribution in [0.15, 0.2) is 73.8 Å². The molecule has 0 aliphatic rings. The van der Waals surface area contributed by atoms with Gasteiger partial charge in [0.25, 0.3) is 5.91 Å². The van der Waals surface area contributed by atoms with Gasteiger partial charge in [-0.1, -0.05) is 0 Å². The minimum atomic E-state index is -0.182. The lowest BCUT2D eigenvalue weighted by molar-refractivity contribution is 0.102. The Balaban J connectivity index is 1.46. The van der Waals surface area contributed by atoms with Crippen molar-refractivity contribution in [3.63, 3.8) is 0 Å². The number of anilines is 1. The summed E-state index contributed by atoms with van der Waals surface area (Å²) in [6.07, 6.45) is 6.15. The molecule has 4 rings (SSSR count). The number of benzene rings is 2. The zero-order valence-electron chi connectivity index (χ0n) is 13.0. The first-order valence-electron chi connectivity index (χ1n) is 7.51. The number of carbonyl (C=O) groups excluding carboxylic acids is 1. The third-order valence-corrected chi connectivity index (χ3v) is 3.62. The van der Waals surface area contributed by atoms with Crippen LogP contribution in [0.4, 0.5) is 5.69 Å². The van der Waals surface area contributed by atoms with Gasteiger partial charge in [0.05, 0.1) is 11.4 Å². The molecule has 0 unspecified atom stereocenters. The normalized spacial score (nSPS) is 10.6. The predicted octanol–water partition coefficient (Wildman–Crippen LogP) is 2.10. The highest BCUT2D eigenvalue weighted by atomic mass is 16.1. The lowest BCUT2D eigenvalue weighted by Crippen LogP contribution is -2.12. The molecule has 0 aliphatic carbocycles. The minimum Gasteiger partial charge on any atom is -0.322 e. The van der Waals surface area contributed by atoms with E-state index in [1.54, 1.807) is 34.2 Å². The van der Waals surface area contributed by atoms with Crippen LogP contribution >= 0.6 is 0 Å². The molecule has 1 N–H and O–H groups in total. The molecule has 0 radical (unpaired) electrons. The van der Waals surface area contributed by atoms with Gasteiger partial charge in [-0.05, 0) is 48.5 Å². The van der Waals surface area contributed by atoms with Crippen molar-refractivity contribution in [1.82, 2.24) is 29.5 Å². The largest absolute Gasteiger partial charge is 0.322 e. The van der Waals surface area contributed by atoms with Crippen molar-refractivity contribution < 1.29 is 4.79 Å². The second-order valence-electron chi connectivity index (χ2n) is 5.23. The van der Waals surface area contributed by atoms with Gasteiger partial charge in [-0.3, -0.25) is 4.79 Å². The maximum Gasteiger partial charge on any atom is 0.255 e. The van der Waals surface area contributed by atoms with E-state index in [4.69, 9.17) is 0 Å². The maximum atomic E-state index is 12.4. The molecule has 0 saturated heterocycles. The number of aromatic nitrogens is 6. The van der Waals surface area contributed by atoms with Crippen molar-refractivity contribution in [3.05, 3.63) is 79.4 Å². The average molecular weight is 331 g/mol. The molecule has 8 heteroatoms. The Hall–Kier alpha value is -3.81. The molecule has 2 aromatic heterocycles. The molecule has 0 saturated carbocycles. The van der Waals surface area contributed by atoms with E-state index >= 15 is 0 Å². The van der Waals surface area contributed by atoms with E-state index < -0.39 is 0 Å². The summed E-state index contributed by atoms with van der Waals surface area (Å²) in [5, 5.41) is 11.0. The highest BCUT2D eigenvalue weighted by Crippen LogP contribution is 2.14. The van der Waals surface area contributed by atoms with Gasteiger partial charge in [-0.15, -0.1) is 0 Å². The van der Waals surface area contributed by atoms with E-state index in [2.05, 4.69) is 25.5 Å². The standard InChI is InChI=1S/C17H13N7O/c25-17(13-1-5-15(6-2-13)23-11-18-9-20-23)22-14-3-7-16(8-4-14)24-12-19-10-21-24/h1-12H,(H,22,25). The summed E-state index contributed by atoms with van der Waals surface area (Å²) in [6, 6.07) is 14.5. The Labute approximate surface area is 142 Å². The van der Waals surface area contributed by atoms with Crippen molar-refractivity contribution in [2.45, 2.75) is 0 Å². The number of hydrogen-bond acceptors (Lipinski definition) is 5. The molecule has 8 nitrogen and oxygen atoms in total.